The third kappa shape index (κ3) is 2.58. The third-order valence-electron chi connectivity index (χ3n) is 2.80. The molecule has 0 saturated carbocycles. The van der Waals surface area contributed by atoms with Crippen LogP contribution < -0.4 is 15.2 Å². The molecule has 0 aromatic heterocycles. The van der Waals surface area contributed by atoms with Crippen LogP contribution in [0.3, 0.4) is 0 Å². The van der Waals surface area contributed by atoms with Crippen molar-refractivity contribution in [1.82, 2.24) is 4.90 Å². The Kier molecular flexibility index (Phi) is 3.51. The van der Waals surface area contributed by atoms with Crippen LogP contribution in [0, 0.1) is 0 Å². The van der Waals surface area contributed by atoms with Crippen molar-refractivity contribution in [2.75, 3.05) is 39.1 Å². The SMILES string of the molecule is COc1ccc(N)cc1OCCN1CCC1. The molecule has 0 amide bonds. The highest BCUT2D eigenvalue weighted by Crippen LogP contribution is 2.28. The van der Waals surface area contributed by atoms with E-state index in [0.717, 1.165) is 18.0 Å². The molecule has 16 heavy (non-hydrogen) atoms. The topological polar surface area (TPSA) is 47.7 Å². The number of anilines is 1. The third-order valence-corrected chi connectivity index (χ3v) is 2.80. The summed E-state index contributed by atoms with van der Waals surface area (Å²) in [5.74, 6) is 1.46. The van der Waals surface area contributed by atoms with Gasteiger partial charge in [-0.3, -0.25) is 4.90 Å². The first-order valence-electron chi connectivity index (χ1n) is 5.58. The van der Waals surface area contributed by atoms with E-state index in [1.54, 1.807) is 19.2 Å². The lowest BCUT2D eigenvalue weighted by Crippen LogP contribution is -2.39. The smallest absolute Gasteiger partial charge is 0.163 e. The molecule has 0 radical (unpaired) electrons. The zero-order valence-corrected chi connectivity index (χ0v) is 9.61. The molecule has 88 valence electrons. The van der Waals surface area contributed by atoms with E-state index in [9.17, 15) is 0 Å². The predicted molar refractivity (Wildman–Crippen MR) is 64.0 cm³/mol. The fraction of sp³-hybridized carbons (Fsp3) is 0.500. The summed E-state index contributed by atoms with van der Waals surface area (Å²) in [6, 6.07) is 5.43. The monoisotopic (exact) mass is 222 g/mol. The van der Waals surface area contributed by atoms with Crippen LogP contribution in [0.25, 0.3) is 0 Å². The molecule has 0 unspecified atom stereocenters. The average molecular weight is 222 g/mol. The number of likely N-dealkylation sites (tertiary alicyclic amines) is 1. The van der Waals surface area contributed by atoms with Gasteiger partial charge in [-0.1, -0.05) is 0 Å². The zero-order valence-electron chi connectivity index (χ0n) is 9.61. The summed E-state index contributed by atoms with van der Waals surface area (Å²) in [5.41, 5.74) is 6.40. The summed E-state index contributed by atoms with van der Waals surface area (Å²) in [6.07, 6.45) is 1.31. The molecule has 2 N–H and O–H groups in total. The number of hydrogen-bond donors (Lipinski definition) is 1. The Balaban J connectivity index is 1.88. The minimum absolute atomic E-state index is 0.680. The number of rotatable bonds is 5. The molecule has 0 bridgehead atoms. The molecule has 0 spiro atoms. The molecule has 1 heterocycles. The van der Waals surface area contributed by atoms with Gasteiger partial charge in [0.15, 0.2) is 11.5 Å². The molecule has 4 nitrogen and oxygen atoms in total. The van der Waals surface area contributed by atoms with Crippen LogP contribution in [0.15, 0.2) is 18.2 Å². The number of benzene rings is 1. The van der Waals surface area contributed by atoms with Crippen LogP contribution in [0.5, 0.6) is 11.5 Å². The van der Waals surface area contributed by atoms with Crippen molar-refractivity contribution in [3.05, 3.63) is 18.2 Å². The van der Waals surface area contributed by atoms with E-state index in [-0.39, 0.29) is 0 Å². The van der Waals surface area contributed by atoms with Crippen molar-refractivity contribution in [2.24, 2.45) is 0 Å². The van der Waals surface area contributed by atoms with Crippen molar-refractivity contribution in [3.63, 3.8) is 0 Å². The van der Waals surface area contributed by atoms with Crippen LogP contribution in [-0.2, 0) is 0 Å². The van der Waals surface area contributed by atoms with Gasteiger partial charge in [-0.25, -0.2) is 0 Å². The van der Waals surface area contributed by atoms with Gasteiger partial charge < -0.3 is 15.2 Å². The number of methoxy groups -OCH3 is 1. The minimum atomic E-state index is 0.680. The van der Waals surface area contributed by atoms with Gasteiger partial charge in [0.1, 0.15) is 6.61 Å². The Morgan fingerprint density at radius 2 is 2.12 bits per heavy atom. The summed E-state index contributed by atoms with van der Waals surface area (Å²) in [5, 5.41) is 0. The number of ether oxygens (including phenoxy) is 2. The summed E-state index contributed by atoms with van der Waals surface area (Å²) >= 11 is 0. The van der Waals surface area contributed by atoms with Crippen LogP contribution in [0.1, 0.15) is 6.42 Å². The predicted octanol–water partition coefficient (Wildman–Crippen LogP) is 1.36. The van der Waals surface area contributed by atoms with E-state index in [4.69, 9.17) is 15.2 Å². The van der Waals surface area contributed by atoms with E-state index in [1.165, 1.54) is 19.5 Å². The Morgan fingerprint density at radius 3 is 2.75 bits per heavy atom. The number of nitrogens with zero attached hydrogens (tertiary/aromatic N) is 1. The zero-order chi connectivity index (χ0) is 11.4. The molecule has 1 saturated heterocycles. The van der Waals surface area contributed by atoms with Gasteiger partial charge in [0.05, 0.1) is 7.11 Å². The Bertz CT molecular complexity index is 351. The number of nitrogens with two attached hydrogens (primary N) is 1. The van der Waals surface area contributed by atoms with Gasteiger partial charge in [0.2, 0.25) is 0 Å². The van der Waals surface area contributed by atoms with Crippen LogP contribution in [-0.4, -0.2) is 38.3 Å². The Labute approximate surface area is 95.9 Å². The first-order valence-corrected chi connectivity index (χ1v) is 5.58. The van der Waals surface area contributed by atoms with E-state index < -0.39 is 0 Å². The molecule has 1 aromatic carbocycles. The molecule has 2 rings (SSSR count). The Hall–Kier alpha value is -1.42. The summed E-state index contributed by atoms with van der Waals surface area (Å²) in [7, 11) is 1.63. The van der Waals surface area contributed by atoms with Crippen molar-refractivity contribution in [1.29, 1.82) is 0 Å². The summed E-state index contributed by atoms with van der Waals surface area (Å²) < 4.78 is 10.9. The maximum Gasteiger partial charge on any atom is 0.163 e. The molecule has 1 aromatic rings. The number of hydrogen-bond acceptors (Lipinski definition) is 4. The fourth-order valence-corrected chi connectivity index (χ4v) is 1.70. The van der Waals surface area contributed by atoms with Crippen molar-refractivity contribution in [2.45, 2.75) is 6.42 Å². The Morgan fingerprint density at radius 1 is 1.31 bits per heavy atom. The normalized spacial score (nSPS) is 15.6. The first-order chi connectivity index (χ1) is 7.79. The first kappa shape index (κ1) is 11.1. The summed E-state index contributed by atoms with van der Waals surface area (Å²) in [4.78, 5) is 2.36. The van der Waals surface area contributed by atoms with Crippen LogP contribution in [0.4, 0.5) is 5.69 Å². The lowest BCUT2D eigenvalue weighted by molar-refractivity contribution is 0.145. The lowest BCUT2D eigenvalue weighted by Gasteiger charge is -2.30. The van der Waals surface area contributed by atoms with Gasteiger partial charge in [-0.15, -0.1) is 0 Å². The van der Waals surface area contributed by atoms with E-state index in [2.05, 4.69) is 4.90 Å². The molecular formula is C12H18N2O2. The van der Waals surface area contributed by atoms with E-state index >= 15 is 0 Å². The highest BCUT2D eigenvalue weighted by atomic mass is 16.5. The molecular weight excluding hydrogens is 204 g/mol. The second-order valence-electron chi connectivity index (χ2n) is 3.95. The molecule has 1 fully saturated rings. The van der Waals surface area contributed by atoms with Gasteiger partial charge in [-0.05, 0) is 31.6 Å². The maximum atomic E-state index is 5.71. The van der Waals surface area contributed by atoms with Crippen LogP contribution >= 0.6 is 0 Å². The largest absolute Gasteiger partial charge is 0.493 e. The highest BCUT2D eigenvalue weighted by Gasteiger charge is 2.13. The van der Waals surface area contributed by atoms with Crippen molar-refractivity contribution in [3.8, 4) is 11.5 Å². The van der Waals surface area contributed by atoms with Gasteiger partial charge in [-0.2, -0.15) is 0 Å². The quantitative estimate of drug-likeness (QED) is 0.764. The van der Waals surface area contributed by atoms with Gasteiger partial charge >= 0.3 is 0 Å². The summed E-state index contributed by atoms with van der Waals surface area (Å²) in [6.45, 7) is 4.03. The van der Waals surface area contributed by atoms with E-state index in [1.807, 2.05) is 6.07 Å². The maximum absolute atomic E-state index is 5.71. The van der Waals surface area contributed by atoms with Gasteiger partial charge in [0, 0.05) is 18.3 Å². The molecule has 1 aliphatic heterocycles. The second kappa shape index (κ2) is 5.07. The molecule has 0 atom stereocenters. The van der Waals surface area contributed by atoms with Crippen molar-refractivity contribution < 1.29 is 9.47 Å². The lowest BCUT2D eigenvalue weighted by atomic mass is 10.2. The second-order valence-corrected chi connectivity index (χ2v) is 3.95. The molecule has 1 aliphatic rings. The number of nitrogen functional groups attached to an aromatic ring is 1. The van der Waals surface area contributed by atoms with Crippen LogP contribution in [0.2, 0.25) is 0 Å². The molecule has 4 heteroatoms. The standard InChI is InChI=1S/C12H18N2O2/c1-15-11-4-3-10(13)9-12(11)16-8-7-14-5-2-6-14/h3-4,9H,2,5-8,13H2,1H3. The molecule has 0 aliphatic carbocycles. The fourth-order valence-electron chi connectivity index (χ4n) is 1.70. The highest BCUT2D eigenvalue weighted by molar-refractivity contribution is 5.51. The average Bonchev–Trinajstić information content (AvgIpc) is 2.22. The van der Waals surface area contributed by atoms with E-state index in [0.29, 0.717) is 12.3 Å². The van der Waals surface area contributed by atoms with Crippen molar-refractivity contribution >= 4 is 5.69 Å². The minimum Gasteiger partial charge on any atom is -0.493 e. The van der Waals surface area contributed by atoms with Gasteiger partial charge in [0.25, 0.3) is 0 Å².